The van der Waals surface area contributed by atoms with Gasteiger partial charge in [0.05, 0.1) is 0 Å². The molecule has 0 aromatic carbocycles. The van der Waals surface area contributed by atoms with E-state index in [9.17, 15) is 13.2 Å². The molecule has 1 aliphatic rings. The summed E-state index contributed by atoms with van der Waals surface area (Å²) in [7, 11) is 0. The first kappa shape index (κ1) is 9.62. The fourth-order valence-electron chi connectivity index (χ4n) is 1.43. The van der Waals surface area contributed by atoms with Gasteiger partial charge in [0, 0.05) is 12.3 Å². The molecule has 0 spiro atoms. The van der Waals surface area contributed by atoms with Gasteiger partial charge in [-0.2, -0.15) is 0 Å². The molecule has 3 atom stereocenters. The van der Waals surface area contributed by atoms with Crippen molar-refractivity contribution < 1.29 is 13.2 Å². The van der Waals surface area contributed by atoms with E-state index in [4.69, 9.17) is 0 Å². The molecule has 0 saturated carbocycles. The lowest BCUT2D eigenvalue weighted by atomic mass is 9.78. The normalized spacial score (nSPS) is 43.5. The monoisotopic (exact) mass is 178 g/mol. The van der Waals surface area contributed by atoms with Gasteiger partial charge in [-0.25, -0.2) is 13.2 Å². The van der Waals surface area contributed by atoms with Gasteiger partial charge >= 0.3 is 0 Å². The second-order valence-corrected chi connectivity index (χ2v) is 3.73. The van der Waals surface area contributed by atoms with Crippen LogP contribution in [0.4, 0.5) is 13.2 Å². The molecule has 12 heavy (non-hydrogen) atoms. The maximum Gasteiger partial charge on any atom is 0.129 e. The SMILES string of the molecule is CC1=C(F)CC(C)(F)C(C)C1F. The fraction of sp³-hybridized carbons (Fsp3) is 0.778. The molecular weight excluding hydrogens is 165 g/mol. The highest BCUT2D eigenvalue weighted by Crippen LogP contribution is 2.41. The fourth-order valence-corrected chi connectivity index (χ4v) is 1.43. The van der Waals surface area contributed by atoms with Crippen molar-refractivity contribution in [2.75, 3.05) is 0 Å². The highest BCUT2D eigenvalue weighted by Gasteiger charge is 2.43. The quantitative estimate of drug-likeness (QED) is 0.533. The standard InChI is InChI=1S/C9H13F3/c1-5-7(10)4-9(3,12)6(2)8(5)11/h6,8H,4H2,1-3H3. The lowest BCUT2D eigenvalue weighted by Gasteiger charge is -2.34. The van der Waals surface area contributed by atoms with E-state index >= 15 is 0 Å². The number of alkyl halides is 2. The summed E-state index contributed by atoms with van der Waals surface area (Å²) in [6.07, 6.45) is -1.77. The highest BCUT2D eigenvalue weighted by molar-refractivity contribution is 5.20. The van der Waals surface area contributed by atoms with Gasteiger partial charge in [-0.1, -0.05) is 6.92 Å². The van der Waals surface area contributed by atoms with Crippen molar-refractivity contribution in [2.45, 2.75) is 39.0 Å². The minimum atomic E-state index is -1.75. The molecule has 0 radical (unpaired) electrons. The van der Waals surface area contributed by atoms with Gasteiger partial charge in [0.1, 0.15) is 17.7 Å². The summed E-state index contributed by atoms with van der Waals surface area (Å²) in [6.45, 7) is 4.10. The summed E-state index contributed by atoms with van der Waals surface area (Å²) in [5, 5.41) is 0. The molecule has 0 bridgehead atoms. The summed E-state index contributed by atoms with van der Waals surface area (Å²) in [5.41, 5.74) is -1.69. The van der Waals surface area contributed by atoms with Crippen LogP contribution < -0.4 is 0 Å². The zero-order valence-corrected chi connectivity index (χ0v) is 7.50. The van der Waals surface area contributed by atoms with Gasteiger partial charge < -0.3 is 0 Å². The molecular formula is C9H13F3. The second-order valence-electron chi connectivity index (χ2n) is 3.73. The van der Waals surface area contributed by atoms with Crippen LogP contribution >= 0.6 is 0 Å². The van der Waals surface area contributed by atoms with Gasteiger partial charge in [0.2, 0.25) is 0 Å². The average Bonchev–Trinajstić information content (AvgIpc) is 1.97. The molecule has 1 rings (SSSR count). The summed E-state index contributed by atoms with van der Waals surface area (Å²) in [4.78, 5) is 0. The van der Waals surface area contributed by atoms with E-state index < -0.39 is 23.6 Å². The van der Waals surface area contributed by atoms with E-state index in [0.717, 1.165) is 0 Å². The van der Waals surface area contributed by atoms with Gasteiger partial charge in [-0.3, -0.25) is 0 Å². The van der Waals surface area contributed by atoms with E-state index in [1.54, 1.807) is 0 Å². The van der Waals surface area contributed by atoms with Crippen molar-refractivity contribution in [2.24, 2.45) is 5.92 Å². The number of halogens is 3. The van der Waals surface area contributed by atoms with Crippen LogP contribution in [0.1, 0.15) is 27.2 Å². The van der Waals surface area contributed by atoms with Crippen LogP contribution in [-0.2, 0) is 0 Å². The number of hydrogen-bond donors (Lipinski definition) is 0. The third-order valence-corrected chi connectivity index (χ3v) is 2.73. The first-order valence-corrected chi connectivity index (χ1v) is 4.04. The molecule has 0 saturated heterocycles. The number of rotatable bonds is 0. The predicted octanol–water partition coefficient (Wildman–Crippen LogP) is 3.34. The molecule has 0 heterocycles. The van der Waals surface area contributed by atoms with E-state index in [1.807, 2.05) is 0 Å². The Morgan fingerprint density at radius 2 is 2.00 bits per heavy atom. The van der Waals surface area contributed by atoms with Crippen LogP contribution in [0.15, 0.2) is 11.4 Å². The second kappa shape index (κ2) is 2.79. The molecule has 3 unspecified atom stereocenters. The largest absolute Gasteiger partial charge is 0.243 e. The molecule has 70 valence electrons. The Morgan fingerprint density at radius 1 is 1.50 bits per heavy atom. The maximum absolute atomic E-state index is 13.4. The molecule has 0 aliphatic heterocycles. The summed E-state index contributed by atoms with van der Waals surface area (Å²) in [5.74, 6) is -1.39. The molecule has 1 aliphatic carbocycles. The number of hydrogen-bond acceptors (Lipinski definition) is 0. The van der Waals surface area contributed by atoms with E-state index in [0.29, 0.717) is 0 Å². The van der Waals surface area contributed by atoms with Gasteiger partial charge in [-0.05, 0) is 19.4 Å². The zero-order chi connectivity index (χ0) is 9.52. The average molecular weight is 178 g/mol. The smallest absolute Gasteiger partial charge is 0.129 e. The molecule has 0 N–H and O–H groups in total. The molecule has 0 aromatic heterocycles. The first-order valence-electron chi connectivity index (χ1n) is 4.04. The van der Waals surface area contributed by atoms with Crippen molar-refractivity contribution >= 4 is 0 Å². The predicted molar refractivity (Wildman–Crippen MR) is 42.0 cm³/mol. The number of allylic oxidation sites excluding steroid dienone is 2. The summed E-state index contributed by atoms with van der Waals surface area (Å²) >= 11 is 0. The van der Waals surface area contributed by atoms with Crippen molar-refractivity contribution in [3.05, 3.63) is 11.4 Å². The van der Waals surface area contributed by atoms with Gasteiger partial charge in [0.15, 0.2) is 0 Å². The third-order valence-electron chi connectivity index (χ3n) is 2.73. The first-order chi connectivity index (χ1) is 5.36. The Morgan fingerprint density at radius 3 is 2.50 bits per heavy atom. The minimum absolute atomic E-state index is 0.0534. The lowest BCUT2D eigenvalue weighted by molar-refractivity contribution is 0.0461. The Hall–Kier alpha value is -0.470. The zero-order valence-electron chi connectivity index (χ0n) is 7.50. The van der Waals surface area contributed by atoms with Crippen LogP contribution in [0.2, 0.25) is 0 Å². The van der Waals surface area contributed by atoms with Gasteiger partial charge in [0.25, 0.3) is 0 Å². The van der Waals surface area contributed by atoms with E-state index in [2.05, 4.69) is 0 Å². The topological polar surface area (TPSA) is 0 Å². The van der Waals surface area contributed by atoms with Crippen LogP contribution in [0.5, 0.6) is 0 Å². The Balaban J connectivity index is 2.99. The Kier molecular flexibility index (Phi) is 2.23. The molecule has 0 amide bonds. The Labute approximate surface area is 70.5 Å². The molecule has 3 heteroatoms. The van der Waals surface area contributed by atoms with Crippen LogP contribution in [0.3, 0.4) is 0 Å². The summed E-state index contributed by atoms with van der Waals surface area (Å²) < 4.78 is 39.5. The van der Waals surface area contributed by atoms with E-state index in [1.165, 1.54) is 20.8 Å². The van der Waals surface area contributed by atoms with Crippen LogP contribution in [-0.4, -0.2) is 11.8 Å². The lowest BCUT2D eigenvalue weighted by Crippen LogP contribution is -2.39. The molecule has 0 fully saturated rings. The van der Waals surface area contributed by atoms with Crippen molar-refractivity contribution in [1.82, 2.24) is 0 Å². The van der Waals surface area contributed by atoms with Crippen LogP contribution in [0, 0.1) is 5.92 Å². The van der Waals surface area contributed by atoms with Gasteiger partial charge in [-0.15, -0.1) is 0 Å². The van der Waals surface area contributed by atoms with E-state index in [-0.39, 0.29) is 12.0 Å². The Bertz CT molecular complexity index is 218. The molecule has 0 nitrogen and oxygen atoms in total. The molecule has 0 aromatic rings. The van der Waals surface area contributed by atoms with Crippen LogP contribution in [0.25, 0.3) is 0 Å². The van der Waals surface area contributed by atoms with Crippen molar-refractivity contribution in [3.63, 3.8) is 0 Å². The summed E-state index contributed by atoms with van der Waals surface area (Å²) in [6, 6.07) is 0. The minimum Gasteiger partial charge on any atom is -0.243 e. The third kappa shape index (κ3) is 1.37. The highest BCUT2D eigenvalue weighted by atomic mass is 19.2. The van der Waals surface area contributed by atoms with Crippen molar-refractivity contribution in [3.8, 4) is 0 Å². The maximum atomic E-state index is 13.4. The van der Waals surface area contributed by atoms with Crippen molar-refractivity contribution in [1.29, 1.82) is 0 Å².